The Bertz CT molecular complexity index is 1030. The molecule has 1 aliphatic heterocycles. The van der Waals surface area contributed by atoms with E-state index in [1.54, 1.807) is 18.3 Å². The summed E-state index contributed by atoms with van der Waals surface area (Å²) in [5.74, 6) is -0.683. The molecule has 1 fully saturated rings. The first-order valence-electron chi connectivity index (χ1n) is 9.78. The van der Waals surface area contributed by atoms with Gasteiger partial charge in [0, 0.05) is 19.3 Å². The number of aromatic nitrogens is 4. The van der Waals surface area contributed by atoms with Crippen LogP contribution < -0.4 is 15.4 Å². The van der Waals surface area contributed by atoms with Gasteiger partial charge in [0.05, 0.1) is 25.5 Å². The zero-order valence-electron chi connectivity index (χ0n) is 16.7. The summed E-state index contributed by atoms with van der Waals surface area (Å²) in [4.78, 5) is 20.3. The summed E-state index contributed by atoms with van der Waals surface area (Å²) in [5, 5.41) is 8.60. The SMILES string of the molecule is COc1ccc(Cn2ncc(C(C(N)=O)c3ccc(N4CCCC4)nc3)n2)cc1F. The molecular weight excluding hydrogens is 387 g/mol. The molecule has 1 unspecified atom stereocenters. The van der Waals surface area contributed by atoms with Crippen molar-refractivity contribution in [3.05, 3.63) is 65.4 Å². The molecule has 2 aromatic heterocycles. The number of primary amides is 1. The molecule has 30 heavy (non-hydrogen) atoms. The lowest BCUT2D eigenvalue weighted by molar-refractivity contribution is -0.118. The lowest BCUT2D eigenvalue weighted by atomic mass is 9.97. The van der Waals surface area contributed by atoms with Crippen LogP contribution in [-0.2, 0) is 11.3 Å². The second-order valence-corrected chi connectivity index (χ2v) is 7.25. The van der Waals surface area contributed by atoms with Crippen LogP contribution in [0.15, 0.2) is 42.7 Å². The van der Waals surface area contributed by atoms with Crippen molar-refractivity contribution >= 4 is 11.7 Å². The van der Waals surface area contributed by atoms with Crippen molar-refractivity contribution in [3.63, 3.8) is 0 Å². The van der Waals surface area contributed by atoms with Gasteiger partial charge in [0.15, 0.2) is 11.6 Å². The number of hydrogen-bond acceptors (Lipinski definition) is 6. The van der Waals surface area contributed by atoms with Gasteiger partial charge in [-0.2, -0.15) is 15.0 Å². The molecule has 9 heteroatoms. The maximum Gasteiger partial charge on any atom is 0.231 e. The average molecular weight is 410 g/mol. The van der Waals surface area contributed by atoms with Crippen molar-refractivity contribution in [3.8, 4) is 5.75 Å². The average Bonchev–Trinajstić information content (AvgIpc) is 3.41. The van der Waals surface area contributed by atoms with Gasteiger partial charge < -0.3 is 15.4 Å². The van der Waals surface area contributed by atoms with Crippen molar-refractivity contribution in [2.45, 2.75) is 25.3 Å². The molecule has 1 amide bonds. The number of ether oxygens (including phenoxy) is 1. The number of methoxy groups -OCH3 is 1. The number of amides is 1. The normalized spacial score (nSPS) is 14.7. The number of carbonyl (C=O) groups is 1. The molecule has 0 aliphatic carbocycles. The van der Waals surface area contributed by atoms with Crippen LogP contribution in [0.25, 0.3) is 0 Å². The lowest BCUT2D eigenvalue weighted by Gasteiger charge is -2.17. The van der Waals surface area contributed by atoms with Crippen molar-refractivity contribution in [2.24, 2.45) is 5.73 Å². The van der Waals surface area contributed by atoms with Gasteiger partial charge in [0.1, 0.15) is 11.7 Å². The number of rotatable bonds is 7. The molecule has 1 aliphatic rings. The van der Waals surface area contributed by atoms with Gasteiger partial charge in [-0.15, -0.1) is 0 Å². The minimum Gasteiger partial charge on any atom is -0.494 e. The van der Waals surface area contributed by atoms with E-state index in [-0.39, 0.29) is 12.3 Å². The van der Waals surface area contributed by atoms with Gasteiger partial charge in [0.2, 0.25) is 5.91 Å². The summed E-state index contributed by atoms with van der Waals surface area (Å²) in [6, 6.07) is 8.41. The fraction of sp³-hybridized carbons (Fsp3) is 0.333. The first-order chi connectivity index (χ1) is 14.5. The number of halogens is 1. The third kappa shape index (κ3) is 4.10. The maximum atomic E-state index is 13.9. The Labute approximate surface area is 173 Å². The Balaban J connectivity index is 1.53. The van der Waals surface area contributed by atoms with Crippen molar-refractivity contribution in [2.75, 3.05) is 25.1 Å². The summed E-state index contributed by atoms with van der Waals surface area (Å²) in [5.41, 5.74) is 7.41. The summed E-state index contributed by atoms with van der Waals surface area (Å²) >= 11 is 0. The Hall–Kier alpha value is -3.49. The Morgan fingerprint density at radius 3 is 2.67 bits per heavy atom. The van der Waals surface area contributed by atoms with Crippen LogP contribution in [0, 0.1) is 5.82 Å². The molecule has 0 spiro atoms. The molecular formula is C21H23FN6O2. The van der Waals surface area contributed by atoms with E-state index in [1.807, 2.05) is 12.1 Å². The van der Waals surface area contributed by atoms with Crippen LogP contribution in [0.5, 0.6) is 5.75 Å². The van der Waals surface area contributed by atoms with E-state index < -0.39 is 17.6 Å². The summed E-state index contributed by atoms with van der Waals surface area (Å²) < 4.78 is 18.8. The van der Waals surface area contributed by atoms with Crippen LogP contribution in [0.2, 0.25) is 0 Å². The first kappa shape index (κ1) is 19.8. The van der Waals surface area contributed by atoms with E-state index in [1.165, 1.54) is 24.2 Å². The van der Waals surface area contributed by atoms with Crippen molar-refractivity contribution < 1.29 is 13.9 Å². The maximum absolute atomic E-state index is 13.9. The largest absolute Gasteiger partial charge is 0.494 e. The lowest BCUT2D eigenvalue weighted by Crippen LogP contribution is -2.24. The number of nitrogens with zero attached hydrogens (tertiary/aromatic N) is 5. The number of nitrogens with two attached hydrogens (primary N) is 1. The van der Waals surface area contributed by atoms with Crippen LogP contribution in [0.3, 0.4) is 0 Å². The molecule has 1 aromatic carbocycles. The Kier molecular flexibility index (Phi) is 5.60. The molecule has 0 saturated carbocycles. The van der Waals surface area contributed by atoms with Crippen molar-refractivity contribution in [1.82, 2.24) is 20.0 Å². The van der Waals surface area contributed by atoms with E-state index in [2.05, 4.69) is 20.1 Å². The minimum atomic E-state index is -0.758. The highest BCUT2D eigenvalue weighted by Gasteiger charge is 2.25. The van der Waals surface area contributed by atoms with E-state index >= 15 is 0 Å². The number of hydrogen-bond donors (Lipinski definition) is 1. The monoisotopic (exact) mass is 410 g/mol. The third-order valence-corrected chi connectivity index (χ3v) is 5.21. The van der Waals surface area contributed by atoms with Gasteiger partial charge >= 0.3 is 0 Å². The minimum absolute atomic E-state index is 0.173. The quantitative estimate of drug-likeness (QED) is 0.640. The highest BCUT2D eigenvalue weighted by atomic mass is 19.1. The van der Waals surface area contributed by atoms with Gasteiger partial charge in [-0.05, 0) is 42.2 Å². The molecule has 0 bridgehead atoms. The highest BCUT2D eigenvalue weighted by Crippen LogP contribution is 2.25. The van der Waals surface area contributed by atoms with Gasteiger partial charge in [-0.3, -0.25) is 4.79 Å². The van der Waals surface area contributed by atoms with Crippen LogP contribution >= 0.6 is 0 Å². The topological polar surface area (TPSA) is 99.2 Å². The predicted octanol–water partition coefficient (Wildman–Crippen LogP) is 2.09. The second-order valence-electron chi connectivity index (χ2n) is 7.25. The first-order valence-corrected chi connectivity index (χ1v) is 9.78. The number of anilines is 1. The molecule has 1 saturated heterocycles. The fourth-order valence-corrected chi connectivity index (χ4v) is 3.67. The van der Waals surface area contributed by atoms with E-state index in [0.717, 1.165) is 31.7 Å². The van der Waals surface area contributed by atoms with Gasteiger partial charge in [-0.25, -0.2) is 9.37 Å². The Morgan fingerprint density at radius 1 is 1.23 bits per heavy atom. The highest BCUT2D eigenvalue weighted by molar-refractivity contribution is 5.84. The fourth-order valence-electron chi connectivity index (χ4n) is 3.67. The summed E-state index contributed by atoms with van der Waals surface area (Å²) in [7, 11) is 1.41. The van der Waals surface area contributed by atoms with Crippen LogP contribution in [0.1, 0.15) is 35.6 Å². The number of carbonyl (C=O) groups excluding carboxylic acids is 1. The van der Waals surface area contributed by atoms with Crippen molar-refractivity contribution in [1.29, 1.82) is 0 Å². The van der Waals surface area contributed by atoms with E-state index in [9.17, 15) is 9.18 Å². The van der Waals surface area contributed by atoms with Crippen LogP contribution in [0.4, 0.5) is 10.2 Å². The molecule has 2 N–H and O–H groups in total. The zero-order chi connectivity index (χ0) is 21.1. The standard InChI is InChI=1S/C21H23FN6O2/c1-30-18-6-4-14(10-16(18)22)13-28-25-12-17(26-28)20(21(23)29)15-5-7-19(24-11-15)27-8-2-3-9-27/h4-7,10-12,20H,2-3,8-9,13H2,1H3,(H2,23,29). The molecule has 3 heterocycles. The number of benzene rings is 1. The third-order valence-electron chi connectivity index (χ3n) is 5.21. The summed E-state index contributed by atoms with van der Waals surface area (Å²) in [6.45, 7) is 2.23. The molecule has 3 aromatic rings. The molecule has 1 atom stereocenters. The Morgan fingerprint density at radius 2 is 2.03 bits per heavy atom. The predicted molar refractivity (Wildman–Crippen MR) is 109 cm³/mol. The number of pyridine rings is 1. The molecule has 4 rings (SSSR count). The molecule has 8 nitrogen and oxygen atoms in total. The second kappa shape index (κ2) is 8.48. The van der Waals surface area contributed by atoms with Crippen LogP contribution in [-0.4, -0.2) is 46.1 Å². The zero-order valence-corrected chi connectivity index (χ0v) is 16.7. The van der Waals surface area contributed by atoms with E-state index in [4.69, 9.17) is 10.5 Å². The molecule has 156 valence electrons. The summed E-state index contributed by atoms with van der Waals surface area (Å²) in [6.07, 6.45) is 5.49. The smallest absolute Gasteiger partial charge is 0.231 e. The van der Waals surface area contributed by atoms with Gasteiger partial charge in [0.25, 0.3) is 0 Å². The molecule has 0 radical (unpaired) electrons. The van der Waals surface area contributed by atoms with E-state index in [0.29, 0.717) is 16.8 Å². The van der Waals surface area contributed by atoms with Gasteiger partial charge in [-0.1, -0.05) is 12.1 Å².